The lowest BCUT2D eigenvalue weighted by Crippen LogP contribution is -2.20. The first-order valence-electron chi connectivity index (χ1n) is 6.42. The first-order chi connectivity index (χ1) is 9.97. The normalized spacial score (nSPS) is 12.1. The molecule has 21 heavy (non-hydrogen) atoms. The second kappa shape index (κ2) is 6.41. The number of nitrogens with one attached hydrogen (secondary N) is 1. The van der Waals surface area contributed by atoms with Crippen LogP contribution in [-0.2, 0) is 16.4 Å². The van der Waals surface area contributed by atoms with Crippen LogP contribution in [0.5, 0.6) is 0 Å². The summed E-state index contributed by atoms with van der Waals surface area (Å²) in [6.07, 6.45) is 0.588. The molecule has 2 aromatic carbocycles. The molecule has 0 fully saturated rings. The van der Waals surface area contributed by atoms with Crippen molar-refractivity contribution in [1.29, 1.82) is 0 Å². The molecule has 0 radical (unpaired) electrons. The van der Waals surface area contributed by atoms with Crippen LogP contribution in [0.2, 0.25) is 0 Å². The Kier molecular flexibility index (Phi) is 4.59. The van der Waals surface area contributed by atoms with Crippen LogP contribution in [-0.4, -0.2) is 14.1 Å². The number of rotatable bonds is 5. The van der Waals surface area contributed by atoms with Crippen LogP contribution in [0.4, 0.5) is 5.69 Å². The fraction of sp³-hybridized carbons (Fsp3) is 0.133. The van der Waals surface area contributed by atoms with Crippen molar-refractivity contribution >= 4 is 21.4 Å². The van der Waals surface area contributed by atoms with Crippen molar-refractivity contribution < 1.29 is 8.42 Å². The van der Waals surface area contributed by atoms with Crippen molar-refractivity contribution in [3.8, 4) is 0 Å². The summed E-state index contributed by atoms with van der Waals surface area (Å²) in [4.78, 5) is 2.37. The van der Waals surface area contributed by atoms with Crippen molar-refractivity contribution in [3.05, 3.63) is 60.2 Å². The van der Waals surface area contributed by atoms with Crippen molar-refractivity contribution in [2.75, 3.05) is 5.73 Å². The molecule has 3 N–H and O–H groups in total. The van der Waals surface area contributed by atoms with E-state index in [-0.39, 0.29) is 4.90 Å². The van der Waals surface area contributed by atoms with Gasteiger partial charge in [0.1, 0.15) is 0 Å². The lowest BCUT2D eigenvalue weighted by Gasteiger charge is -2.05. The summed E-state index contributed by atoms with van der Waals surface area (Å²) in [5.74, 6) is 0. The molecule has 0 aliphatic rings. The Morgan fingerprint density at radius 3 is 2.33 bits per heavy atom. The molecule has 5 nitrogen and oxygen atoms in total. The van der Waals surface area contributed by atoms with Gasteiger partial charge in [-0.2, -0.15) is 13.5 Å². The minimum atomic E-state index is -3.66. The van der Waals surface area contributed by atoms with Crippen LogP contribution < -0.4 is 10.6 Å². The first kappa shape index (κ1) is 15.1. The van der Waals surface area contributed by atoms with E-state index in [0.717, 1.165) is 5.56 Å². The Morgan fingerprint density at radius 1 is 1.10 bits per heavy atom. The third-order valence-corrected chi connectivity index (χ3v) is 4.07. The molecular formula is C15H17N3O2S. The molecule has 110 valence electrons. The zero-order valence-electron chi connectivity index (χ0n) is 11.7. The molecule has 0 saturated carbocycles. The standard InChI is InChI=1S/C15H17N3O2S/c1-12(11-13-5-3-2-4-6-13)17-18-21(19,20)15-9-7-14(16)8-10-15/h2-10,18H,11,16H2,1H3/b17-12-. The van der Waals surface area contributed by atoms with E-state index in [1.165, 1.54) is 24.3 Å². The molecule has 0 aromatic heterocycles. The van der Waals surface area contributed by atoms with Gasteiger partial charge in [-0.3, -0.25) is 0 Å². The number of hydrazone groups is 1. The summed E-state index contributed by atoms with van der Waals surface area (Å²) in [7, 11) is -3.66. The summed E-state index contributed by atoms with van der Waals surface area (Å²) in [6, 6.07) is 15.7. The van der Waals surface area contributed by atoms with Gasteiger partial charge in [0, 0.05) is 17.8 Å². The topological polar surface area (TPSA) is 84.5 Å². The minimum absolute atomic E-state index is 0.132. The molecule has 0 atom stereocenters. The zero-order chi connectivity index (χ0) is 15.3. The van der Waals surface area contributed by atoms with Crippen molar-refractivity contribution in [3.63, 3.8) is 0 Å². The quantitative estimate of drug-likeness (QED) is 0.504. The van der Waals surface area contributed by atoms with Gasteiger partial charge in [0.2, 0.25) is 0 Å². The lowest BCUT2D eigenvalue weighted by atomic mass is 10.1. The van der Waals surface area contributed by atoms with Crippen LogP contribution in [0.1, 0.15) is 12.5 Å². The van der Waals surface area contributed by atoms with Crippen LogP contribution in [0.15, 0.2) is 64.6 Å². The average molecular weight is 303 g/mol. The molecule has 0 aliphatic heterocycles. The number of anilines is 1. The first-order valence-corrected chi connectivity index (χ1v) is 7.90. The molecule has 2 aromatic rings. The van der Waals surface area contributed by atoms with E-state index in [2.05, 4.69) is 9.93 Å². The second-order valence-electron chi connectivity index (χ2n) is 4.67. The van der Waals surface area contributed by atoms with E-state index < -0.39 is 10.0 Å². The summed E-state index contributed by atoms with van der Waals surface area (Å²) >= 11 is 0. The molecular weight excluding hydrogens is 286 g/mol. The lowest BCUT2D eigenvalue weighted by molar-refractivity contribution is 0.584. The van der Waals surface area contributed by atoms with Gasteiger partial charge in [0.25, 0.3) is 10.0 Å². The number of nitrogen functional groups attached to an aromatic ring is 1. The van der Waals surface area contributed by atoms with Crippen LogP contribution in [0.3, 0.4) is 0 Å². The van der Waals surface area contributed by atoms with Gasteiger partial charge in [-0.1, -0.05) is 30.3 Å². The fourth-order valence-electron chi connectivity index (χ4n) is 1.77. The molecule has 0 saturated heterocycles. The Hall–Kier alpha value is -2.34. The van der Waals surface area contributed by atoms with Crippen molar-refractivity contribution in [1.82, 2.24) is 4.83 Å². The molecule has 0 spiro atoms. The molecule has 0 bridgehead atoms. The van der Waals surface area contributed by atoms with Crippen LogP contribution in [0, 0.1) is 0 Å². The number of benzene rings is 2. The molecule has 2 rings (SSSR count). The third kappa shape index (κ3) is 4.32. The Morgan fingerprint density at radius 2 is 1.71 bits per heavy atom. The van der Waals surface area contributed by atoms with E-state index in [9.17, 15) is 8.42 Å². The zero-order valence-corrected chi connectivity index (χ0v) is 12.5. The fourth-order valence-corrected chi connectivity index (χ4v) is 2.64. The smallest absolute Gasteiger partial charge is 0.276 e. The molecule has 6 heteroatoms. The predicted molar refractivity (Wildman–Crippen MR) is 84.4 cm³/mol. The highest BCUT2D eigenvalue weighted by Crippen LogP contribution is 2.11. The summed E-state index contributed by atoms with van der Waals surface area (Å²) in [5, 5.41) is 3.94. The maximum absolute atomic E-state index is 12.0. The maximum Gasteiger partial charge on any atom is 0.276 e. The Bertz CT molecular complexity index is 723. The summed E-state index contributed by atoms with van der Waals surface area (Å²) in [6.45, 7) is 1.78. The van der Waals surface area contributed by atoms with Gasteiger partial charge in [-0.05, 0) is 36.8 Å². The molecule has 0 amide bonds. The van der Waals surface area contributed by atoms with Crippen LogP contribution in [0.25, 0.3) is 0 Å². The van der Waals surface area contributed by atoms with Crippen LogP contribution >= 0.6 is 0 Å². The van der Waals surface area contributed by atoms with E-state index in [1.807, 2.05) is 30.3 Å². The largest absolute Gasteiger partial charge is 0.399 e. The molecule has 0 unspecified atom stereocenters. The SMILES string of the molecule is C/C(Cc1ccccc1)=N/NS(=O)(=O)c1ccc(N)cc1. The number of nitrogens with zero attached hydrogens (tertiary/aromatic N) is 1. The predicted octanol–water partition coefficient (Wildman–Crippen LogP) is 2.17. The van der Waals surface area contributed by atoms with E-state index in [0.29, 0.717) is 17.8 Å². The van der Waals surface area contributed by atoms with Gasteiger partial charge in [0.05, 0.1) is 4.90 Å². The van der Waals surface area contributed by atoms with Crippen molar-refractivity contribution in [2.45, 2.75) is 18.2 Å². The number of hydrogen-bond acceptors (Lipinski definition) is 4. The minimum Gasteiger partial charge on any atom is -0.399 e. The molecule has 0 aliphatic carbocycles. The van der Waals surface area contributed by atoms with Gasteiger partial charge in [0.15, 0.2) is 0 Å². The van der Waals surface area contributed by atoms with Gasteiger partial charge >= 0.3 is 0 Å². The number of nitrogens with two attached hydrogens (primary N) is 1. The highest BCUT2D eigenvalue weighted by Gasteiger charge is 2.12. The Balaban J connectivity index is 2.06. The number of sulfonamides is 1. The maximum atomic E-state index is 12.0. The monoisotopic (exact) mass is 303 g/mol. The van der Waals surface area contributed by atoms with E-state index >= 15 is 0 Å². The summed E-state index contributed by atoms with van der Waals surface area (Å²) in [5.41, 5.74) is 7.80. The van der Waals surface area contributed by atoms with Gasteiger partial charge in [-0.15, -0.1) is 0 Å². The highest BCUT2D eigenvalue weighted by molar-refractivity contribution is 7.89. The summed E-state index contributed by atoms with van der Waals surface area (Å²) < 4.78 is 24.1. The second-order valence-corrected chi connectivity index (χ2v) is 6.33. The van der Waals surface area contributed by atoms with Gasteiger partial charge < -0.3 is 5.73 Å². The number of hydrogen-bond donors (Lipinski definition) is 2. The van der Waals surface area contributed by atoms with Crippen molar-refractivity contribution in [2.24, 2.45) is 5.10 Å². The molecule has 0 heterocycles. The van der Waals surface area contributed by atoms with Gasteiger partial charge in [-0.25, -0.2) is 4.83 Å². The average Bonchev–Trinajstić information content (AvgIpc) is 2.47. The highest BCUT2D eigenvalue weighted by atomic mass is 32.2. The van der Waals surface area contributed by atoms with E-state index in [4.69, 9.17) is 5.73 Å². The Labute approximate surface area is 124 Å². The van der Waals surface area contributed by atoms with E-state index in [1.54, 1.807) is 6.92 Å². The third-order valence-electron chi connectivity index (χ3n) is 2.85.